The SMILES string of the molecule is CC1CNCCCN(CC2CCS(=O)(=O)C2)C1. The van der Waals surface area contributed by atoms with E-state index in [4.69, 9.17) is 0 Å². The van der Waals surface area contributed by atoms with Gasteiger partial charge < -0.3 is 10.2 Å². The zero-order valence-corrected chi connectivity index (χ0v) is 11.5. The summed E-state index contributed by atoms with van der Waals surface area (Å²) in [6.45, 7) is 7.61. The Bertz CT molecular complexity index is 342. The molecule has 0 spiro atoms. The highest BCUT2D eigenvalue weighted by atomic mass is 32.2. The van der Waals surface area contributed by atoms with Crippen LogP contribution in [-0.4, -0.2) is 57.5 Å². The van der Waals surface area contributed by atoms with Gasteiger partial charge in [0.15, 0.2) is 9.84 Å². The zero-order chi connectivity index (χ0) is 12.3. The molecule has 0 amide bonds. The van der Waals surface area contributed by atoms with E-state index < -0.39 is 9.84 Å². The van der Waals surface area contributed by atoms with E-state index in [1.807, 2.05) is 0 Å². The van der Waals surface area contributed by atoms with Crippen LogP contribution in [0.5, 0.6) is 0 Å². The summed E-state index contributed by atoms with van der Waals surface area (Å²) in [5.41, 5.74) is 0. The second kappa shape index (κ2) is 5.67. The van der Waals surface area contributed by atoms with E-state index in [-0.39, 0.29) is 0 Å². The number of hydrogen-bond acceptors (Lipinski definition) is 4. The van der Waals surface area contributed by atoms with Crippen LogP contribution in [0, 0.1) is 11.8 Å². The second-order valence-corrected chi connectivity index (χ2v) is 7.92. The van der Waals surface area contributed by atoms with Gasteiger partial charge in [0.1, 0.15) is 0 Å². The van der Waals surface area contributed by atoms with E-state index in [9.17, 15) is 8.42 Å². The fourth-order valence-electron chi connectivity index (χ4n) is 2.92. The van der Waals surface area contributed by atoms with Crippen LogP contribution in [-0.2, 0) is 9.84 Å². The molecular weight excluding hydrogens is 236 g/mol. The summed E-state index contributed by atoms with van der Waals surface area (Å²) in [6.07, 6.45) is 2.04. The van der Waals surface area contributed by atoms with Crippen LogP contribution < -0.4 is 5.32 Å². The number of nitrogens with zero attached hydrogens (tertiary/aromatic N) is 1. The lowest BCUT2D eigenvalue weighted by atomic mass is 10.1. The molecule has 5 heteroatoms. The molecule has 4 nitrogen and oxygen atoms in total. The van der Waals surface area contributed by atoms with Crippen molar-refractivity contribution in [3.63, 3.8) is 0 Å². The Morgan fingerprint density at radius 3 is 2.94 bits per heavy atom. The third-order valence-corrected chi connectivity index (χ3v) is 5.57. The Balaban J connectivity index is 1.84. The molecular formula is C12H24N2O2S. The molecule has 0 saturated carbocycles. The first kappa shape index (κ1) is 13.3. The first-order valence-electron chi connectivity index (χ1n) is 6.69. The molecule has 17 heavy (non-hydrogen) atoms. The van der Waals surface area contributed by atoms with Gasteiger partial charge in [0.25, 0.3) is 0 Å². The van der Waals surface area contributed by atoms with Gasteiger partial charge in [-0.1, -0.05) is 6.92 Å². The van der Waals surface area contributed by atoms with E-state index in [0.29, 0.717) is 23.3 Å². The van der Waals surface area contributed by atoms with Gasteiger partial charge in [0.05, 0.1) is 11.5 Å². The van der Waals surface area contributed by atoms with E-state index in [1.165, 1.54) is 6.42 Å². The molecule has 2 aliphatic heterocycles. The van der Waals surface area contributed by atoms with Crippen molar-refractivity contribution >= 4 is 9.84 Å². The number of rotatable bonds is 2. The van der Waals surface area contributed by atoms with Crippen LogP contribution >= 0.6 is 0 Å². The van der Waals surface area contributed by atoms with Gasteiger partial charge in [-0.05, 0) is 44.3 Å². The molecule has 1 N–H and O–H groups in total. The van der Waals surface area contributed by atoms with Gasteiger partial charge in [-0.25, -0.2) is 8.42 Å². The monoisotopic (exact) mass is 260 g/mol. The summed E-state index contributed by atoms with van der Waals surface area (Å²) in [6, 6.07) is 0. The van der Waals surface area contributed by atoms with Crippen molar-refractivity contribution in [2.45, 2.75) is 19.8 Å². The number of nitrogens with one attached hydrogen (secondary N) is 1. The second-order valence-electron chi connectivity index (χ2n) is 5.69. The maximum Gasteiger partial charge on any atom is 0.150 e. The van der Waals surface area contributed by atoms with Crippen molar-refractivity contribution in [2.24, 2.45) is 11.8 Å². The van der Waals surface area contributed by atoms with Crippen molar-refractivity contribution in [1.29, 1.82) is 0 Å². The minimum Gasteiger partial charge on any atom is -0.316 e. The first-order valence-corrected chi connectivity index (χ1v) is 8.51. The highest BCUT2D eigenvalue weighted by Crippen LogP contribution is 2.20. The molecule has 2 heterocycles. The topological polar surface area (TPSA) is 49.4 Å². The minimum absolute atomic E-state index is 0.375. The Labute approximate surface area is 105 Å². The van der Waals surface area contributed by atoms with E-state index >= 15 is 0 Å². The van der Waals surface area contributed by atoms with Gasteiger partial charge in [-0.3, -0.25) is 0 Å². The average molecular weight is 260 g/mol. The minimum atomic E-state index is -2.72. The van der Waals surface area contributed by atoms with Crippen LogP contribution in [0.4, 0.5) is 0 Å². The summed E-state index contributed by atoms with van der Waals surface area (Å²) in [5.74, 6) is 1.85. The predicted octanol–water partition coefficient (Wildman–Crippen LogP) is 0.353. The van der Waals surface area contributed by atoms with E-state index in [1.54, 1.807) is 0 Å². The third-order valence-electron chi connectivity index (χ3n) is 3.73. The molecule has 2 unspecified atom stereocenters. The summed E-state index contributed by atoms with van der Waals surface area (Å²) >= 11 is 0. The molecule has 100 valence electrons. The standard InChI is InChI=1S/C12H24N2O2S/c1-11-7-13-4-2-5-14(8-11)9-12-3-6-17(15,16)10-12/h11-13H,2-10H2,1H3. The average Bonchev–Trinajstić information content (AvgIpc) is 2.54. The van der Waals surface area contributed by atoms with Gasteiger partial charge in [-0.2, -0.15) is 0 Å². The highest BCUT2D eigenvalue weighted by Gasteiger charge is 2.29. The zero-order valence-electron chi connectivity index (χ0n) is 10.7. The highest BCUT2D eigenvalue weighted by molar-refractivity contribution is 7.91. The molecule has 2 atom stereocenters. The molecule has 0 radical (unpaired) electrons. The van der Waals surface area contributed by atoms with Gasteiger partial charge >= 0.3 is 0 Å². The molecule has 2 aliphatic rings. The van der Waals surface area contributed by atoms with E-state index in [0.717, 1.165) is 39.1 Å². The van der Waals surface area contributed by atoms with Crippen molar-refractivity contribution in [3.8, 4) is 0 Å². The first-order chi connectivity index (χ1) is 8.05. The summed E-state index contributed by atoms with van der Waals surface area (Å²) in [4.78, 5) is 2.47. The number of sulfone groups is 1. The van der Waals surface area contributed by atoms with Crippen LogP contribution in [0.15, 0.2) is 0 Å². The van der Waals surface area contributed by atoms with Crippen LogP contribution in [0.3, 0.4) is 0 Å². The van der Waals surface area contributed by atoms with Crippen LogP contribution in [0.2, 0.25) is 0 Å². The number of hydrogen-bond donors (Lipinski definition) is 1. The van der Waals surface area contributed by atoms with Crippen molar-refractivity contribution < 1.29 is 8.42 Å². The lowest BCUT2D eigenvalue weighted by molar-refractivity contribution is 0.193. The predicted molar refractivity (Wildman–Crippen MR) is 69.9 cm³/mol. The van der Waals surface area contributed by atoms with E-state index in [2.05, 4.69) is 17.1 Å². The Hall–Kier alpha value is -0.130. The molecule has 0 bridgehead atoms. The lowest BCUT2D eigenvalue weighted by Gasteiger charge is -2.30. The van der Waals surface area contributed by atoms with Gasteiger partial charge in [0.2, 0.25) is 0 Å². The quantitative estimate of drug-likeness (QED) is 0.778. The molecule has 0 aromatic heterocycles. The molecule has 0 aliphatic carbocycles. The van der Waals surface area contributed by atoms with Crippen molar-refractivity contribution in [2.75, 3.05) is 44.2 Å². The maximum absolute atomic E-state index is 11.4. The molecule has 0 aromatic carbocycles. The molecule has 0 aromatic rings. The van der Waals surface area contributed by atoms with Gasteiger partial charge in [-0.15, -0.1) is 0 Å². The van der Waals surface area contributed by atoms with Crippen LogP contribution in [0.25, 0.3) is 0 Å². The van der Waals surface area contributed by atoms with Gasteiger partial charge in [0, 0.05) is 13.1 Å². The third kappa shape index (κ3) is 4.23. The normalized spacial score (nSPS) is 35.4. The Kier molecular flexibility index (Phi) is 4.44. The Morgan fingerprint density at radius 2 is 2.24 bits per heavy atom. The molecule has 2 saturated heterocycles. The van der Waals surface area contributed by atoms with Crippen molar-refractivity contribution in [1.82, 2.24) is 10.2 Å². The van der Waals surface area contributed by atoms with Crippen LogP contribution in [0.1, 0.15) is 19.8 Å². The maximum atomic E-state index is 11.4. The molecule has 2 fully saturated rings. The summed E-state index contributed by atoms with van der Waals surface area (Å²) in [7, 11) is -2.72. The Morgan fingerprint density at radius 1 is 1.41 bits per heavy atom. The fraction of sp³-hybridized carbons (Fsp3) is 1.00. The fourth-order valence-corrected chi connectivity index (χ4v) is 4.77. The summed E-state index contributed by atoms with van der Waals surface area (Å²) < 4.78 is 22.9. The smallest absolute Gasteiger partial charge is 0.150 e. The summed E-state index contributed by atoms with van der Waals surface area (Å²) in [5, 5.41) is 3.44. The lowest BCUT2D eigenvalue weighted by Crippen LogP contribution is -2.41. The molecule has 2 rings (SSSR count). The van der Waals surface area contributed by atoms with Crippen molar-refractivity contribution in [3.05, 3.63) is 0 Å². The largest absolute Gasteiger partial charge is 0.316 e.